The molecule has 90 valence electrons. The largest absolute Gasteiger partial charge is 0.383 e. The van der Waals surface area contributed by atoms with Crippen LogP contribution in [-0.4, -0.2) is 5.11 Å². The molecule has 1 N–H and O–H groups in total. The van der Waals surface area contributed by atoms with Crippen molar-refractivity contribution in [2.24, 2.45) is 0 Å². The van der Waals surface area contributed by atoms with E-state index in [1.54, 1.807) is 17.4 Å². The van der Waals surface area contributed by atoms with Gasteiger partial charge in [0.05, 0.1) is 0 Å². The van der Waals surface area contributed by atoms with Gasteiger partial charge in [-0.05, 0) is 37.6 Å². The van der Waals surface area contributed by atoms with Crippen molar-refractivity contribution < 1.29 is 9.50 Å². The SMILES string of the molecule is Cc1cc(C(O)c2c(F)cccc2Cl)c(C)s1. The first-order valence-electron chi connectivity index (χ1n) is 5.19. The molecule has 0 radical (unpaired) electrons. The maximum atomic E-state index is 13.7. The first-order valence-corrected chi connectivity index (χ1v) is 6.39. The van der Waals surface area contributed by atoms with E-state index in [4.69, 9.17) is 11.6 Å². The summed E-state index contributed by atoms with van der Waals surface area (Å²) in [6, 6.07) is 6.28. The number of benzene rings is 1. The van der Waals surface area contributed by atoms with E-state index >= 15 is 0 Å². The minimum absolute atomic E-state index is 0.148. The Balaban J connectivity index is 2.51. The lowest BCUT2D eigenvalue weighted by atomic mass is 10.0. The van der Waals surface area contributed by atoms with Gasteiger partial charge < -0.3 is 5.11 Å². The molecule has 2 aromatic rings. The molecule has 0 aliphatic heterocycles. The van der Waals surface area contributed by atoms with Gasteiger partial charge in [0, 0.05) is 20.3 Å². The molecule has 0 spiro atoms. The molecule has 0 amide bonds. The Morgan fingerprint density at radius 3 is 2.59 bits per heavy atom. The van der Waals surface area contributed by atoms with E-state index < -0.39 is 11.9 Å². The standard InChI is InChI=1S/C13H12ClFOS/c1-7-6-9(8(2)17-7)13(16)12-10(14)4-3-5-11(12)15/h3-6,13,16H,1-2H3. The fourth-order valence-corrected chi connectivity index (χ4v) is 3.07. The number of aryl methyl sites for hydroxylation is 2. The number of aliphatic hydroxyl groups is 1. The summed E-state index contributed by atoms with van der Waals surface area (Å²) in [5, 5.41) is 10.5. The molecule has 0 saturated heterocycles. The zero-order valence-electron chi connectivity index (χ0n) is 9.50. The van der Waals surface area contributed by atoms with E-state index in [0.29, 0.717) is 0 Å². The molecule has 1 aromatic heterocycles. The van der Waals surface area contributed by atoms with Crippen LogP contribution in [0.1, 0.15) is 27.0 Å². The summed E-state index contributed by atoms with van der Waals surface area (Å²) in [4.78, 5) is 2.07. The number of halogens is 2. The van der Waals surface area contributed by atoms with Gasteiger partial charge in [-0.25, -0.2) is 4.39 Å². The highest BCUT2D eigenvalue weighted by molar-refractivity contribution is 7.12. The zero-order chi connectivity index (χ0) is 12.6. The van der Waals surface area contributed by atoms with Gasteiger partial charge in [-0.15, -0.1) is 11.3 Å². The maximum Gasteiger partial charge on any atom is 0.130 e. The average Bonchev–Trinajstić information content (AvgIpc) is 2.57. The summed E-state index contributed by atoms with van der Waals surface area (Å²) in [5.74, 6) is -0.478. The lowest BCUT2D eigenvalue weighted by Crippen LogP contribution is -2.03. The molecule has 0 bridgehead atoms. The second-order valence-corrected chi connectivity index (χ2v) is 5.77. The molecule has 1 heterocycles. The molecule has 4 heteroatoms. The second kappa shape index (κ2) is 4.77. The van der Waals surface area contributed by atoms with Crippen LogP contribution in [0.4, 0.5) is 4.39 Å². The van der Waals surface area contributed by atoms with Gasteiger partial charge in [0.2, 0.25) is 0 Å². The van der Waals surface area contributed by atoms with Crippen LogP contribution in [0.2, 0.25) is 5.02 Å². The van der Waals surface area contributed by atoms with Crippen LogP contribution in [-0.2, 0) is 0 Å². The van der Waals surface area contributed by atoms with E-state index in [9.17, 15) is 9.50 Å². The monoisotopic (exact) mass is 270 g/mol. The van der Waals surface area contributed by atoms with Crippen LogP contribution >= 0.6 is 22.9 Å². The number of hydrogen-bond acceptors (Lipinski definition) is 2. The summed E-state index contributed by atoms with van der Waals surface area (Å²) in [7, 11) is 0. The maximum absolute atomic E-state index is 13.7. The Morgan fingerprint density at radius 1 is 1.35 bits per heavy atom. The molecule has 0 aliphatic rings. The number of hydrogen-bond donors (Lipinski definition) is 1. The second-order valence-electron chi connectivity index (χ2n) is 3.91. The Bertz CT molecular complexity index is 530. The minimum atomic E-state index is -1.01. The molecule has 1 nitrogen and oxygen atoms in total. The van der Waals surface area contributed by atoms with Crippen LogP contribution in [0.15, 0.2) is 24.3 Å². The number of aliphatic hydroxyl groups excluding tert-OH is 1. The fraction of sp³-hybridized carbons (Fsp3) is 0.231. The first kappa shape index (κ1) is 12.6. The Kier molecular flexibility index (Phi) is 3.52. The van der Waals surface area contributed by atoms with Gasteiger partial charge in [0.25, 0.3) is 0 Å². The Labute approximate surface area is 108 Å². The van der Waals surface area contributed by atoms with Crippen LogP contribution in [0.5, 0.6) is 0 Å². The highest BCUT2D eigenvalue weighted by Gasteiger charge is 2.21. The van der Waals surface area contributed by atoms with E-state index in [-0.39, 0.29) is 10.6 Å². The quantitative estimate of drug-likeness (QED) is 0.865. The van der Waals surface area contributed by atoms with Gasteiger partial charge in [0.15, 0.2) is 0 Å². The van der Waals surface area contributed by atoms with E-state index in [1.807, 2.05) is 19.9 Å². The van der Waals surface area contributed by atoms with Crippen molar-refractivity contribution in [3.63, 3.8) is 0 Å². The van der Waals surface area contributed by atoms with E-state index in [0.717, 1.165) is 15.3 Å². The normalized spacial score (nSPS) is 12.8. The van der Waals surface area contributed by atoms with Crippen molar-refractivity contribution in [2.75, 3.05) is 0 Å². The Hall–Kier alpha value is -0.900. The van der Waals surface area contributed by atoms with E-state index in [2.05, 4.69) is 0 Å². The molecule has 1 atom stereocenters. The van der Waals surface area contributed by atoms with Crippen molar-refractivity contribution in [1.82, 2.24) is 0 Å². The molecule has 0 aliphatic carbocycles. The van der Waals surface area contributed by atoms with Crippen LogP contribution in [0.25, 0.3) is 0 Å². The highest BCUT2D eigenvalue weighted by Crippen LogP contribution is 2.34. The number of rotatable bonds is 2. The topological polar surface area (TPSA) is 20.2 Å². The van der Waals surface area contributed by atoms with Gasteiger partial charge in [-0.3, -0.25) is 0 Å². The lowest BCUT2D eigenvalue weighted by molar-refractivity contribution is 0.215. The lowest BCUT2D eigenvalue weighted by Gasteiger charge is -2.13. The summed E-state index contributed by atoms with van der Waals surface area (Å²) in [6.07, 6.45) is -1.01. The fourth-order valence-electron chi connectivity index (χ4n) is 1.85. The van der Waals surface area contributed by atoms with Crippen LogP contribution in [0.3, 0.4) is 0 Å². The summed E-state index contributed by atoms with van der Waals surface area (Å²) < 4.78 is 13.7. The predicted octanol–water partition coefficient (Wildman–Crippen LogP) is 4.24. The van der Waals surface area contributed by atoms with Gasteiger partial charge >= 0.3 is 0 Å². The first-order chi connectivity index (χ1) is 8.00. The third kappa shape index (κ3) is 2.37. The molecular weight excluding hydrogens is 259 g/mol. The molecule has 1 unspecified atom stereocenters. The zero-order valence-corrected chi connectivity index (χ0v) is 11.1. The Morgan fingerprint density at radius 2 is 2.06 bits per heavy atom. The van der Waals surface area contributed by atoms with E-state index in [1.165, 1.54) is 12.1 Å². The van der Waals surface area contributed by atoms with Crippen molar-refractivity contribution in [1.29, 1.82) is 0 Å². The molecule has 0 saturated carbocycles. The molecular formula is C13H12ClFOS. The van der Waals surface area contributed by atoms with Gasteiger partial charge in [-0.2, -0.15) is 0 Å². The third-order valence-electron chi connectivity index (χ3n) is 2.65. The molecule has 2 rings (SSSR count). The van der Waals surface area contributed by atoms with Gasteiger partial charge in [0.1, 0.15) is 11.9 Å². The van der Waals surface area contributed by atoms with Gasteiger partial charge in [-0.1, -0.05) is 17.7 Å². The van der Waals surface area contributed by atoms with Crippen molar-refractivity contribution >= 4 is 22.9 Å². The van der Waals surface area contributed by atoms with Crippen molar-refractivity contribution in [3.05, 3.63) is 56.0 Å². The summed E-state index contributed by atoms with van der Waals surface area (Å²) >= 11 is 7.52. The van der Waals surface area contributed by atoms with Crippen LogP contribution < -0.4 is 0 Å². The highest BCUT2D eigenvalue weighted by atomic mass is 35.5. The molecule has 0 fully saturated rings. The molecule has 17 heavy (non-hydrogen) atoms. The van der Waals surface area contributed by atoms with Crippen LogP contribution in [0, 0.1) is 19.7 Å². The predicted molar refractivity (Wildman–Crippen MR) is 69.3 cm³/mol. The third-order valence-corrected chi connectivity index (χ3v) is 3.96. The average molecular weight is 271 g/mol. The number of thiophene rings is 1. The minimum Gasteiger partial charge on any atom is -0.383 e. The summed E-state index contributed by atoms with van der Waals surface area (Å²) in [5.41, 5.74) is 0.870. The summed E-state index contributed by atoms with van der Waals surface area (Å²) in [6.45, 7) is 3.86. The molecule has 1 aromatic carbocycles. The smallest absolute Gasteiger partial charge is 0.130 e. The van der Waals surface area contributed by atoms with Crippen molar-refractivity contribution in [3.8, 4) is 0 Å². The van der Waals surface area contributed by atoms with Crippen molar-refractivity contribution in [2.45, 2.75) is 20.0 Å².